The fraction of sp³-hybridized carbons (Fsp3) is 0.550. The maximum atomic E-state index is 12.4. The molecule has 0 unspecified atom stereocenters. The first-order chi connectivity index (χ1) is 13.6. The molecule has 3 rings (SSSR count). The molecule has 2 aliphatic rings. The van der Waals surface area contributed by atoms with Gasteiger partial charge in [-0.3, -0.25) is 9.59 Å². The third-order valence-electron chi connectivity index (χ3n) is 4.86. The largest absolute Gasteiger partial charge is 0.493 e. The average molecular weight is 391 g/mol. The van der Waals surface area contributed by atoms with Crippen LogP contribution in [0.1, 0.15) is 36.0 Å². The van der Waals surface area contributed by atoms with Crippen LogP contribution in [0.4, 0.5) is 0 Å². The van der Waals surface area contributed by atoms with Crippen LogP contribution >= 0.6 is 0 Å². The second-order valence-corrected chi connectivity index (χ2v) is 6.75. The SMILES string of the molecule is COc1cc(C(=O)O[C@H]2CCCCC2=O)ccc1OCC(=O)N1CCOCC1. The first kappa shape index (κ1) is 20.1. The van der Waals surface area contributed by atoms with E-state index >= 15 is 0 Å². The third-order valence-corrected chi connectivity index (χ3v) is 4.86. The molecule has 152 valence electrons. The predicted molar refractivity (Wildman–Crippen MR) is 98.6 cm³/mol. The lowest BCUT2D eigenvalue weighted by molar-refractivity contribution is -0.137. The number of hydrogen-bond acceptors (Lipinski definition) is 7. The molecule has 0 bridgehead atoms. The lowest BCUT2D eigenvalue weighted by atomic mass is 9.96. The zero-order valence-corrected chi connectivity index (χ0v) is 16.0. The molecule has 8 nitrogen and oxygen atoms in total. The fourth-order valence-corrected chi connectivity index (χ4v) is 3.23. The molecule has 1 aromatic rings. The van der Waals surface area contributed by atoms with Crippen molar-refractivity contribution in [1.29, 1.82) is 0 Å². The number of benzene rings is 1. The van der Waals surface area contributed by atoms with Gasteiger partial charge in [-0.25, -0.2) is 4.79 Å². The van der Waals surface area contributed by atoms with Gasteiger partial charge in [-0.2, -0.15) is 0 Å². The molecule has 1 aromatic carbocycles. The molecule has 2 fully saturated rings. The molecule has 1 amide bonds. The zero-order valence-electron chi connectivity index (χ0n) is 16.0. The molecule has 1 saturated carbocycles. The van der Waals surface area contributed by atoms with E-state index in [0.29, 0.717) is 50.6 Å². The summed E-state index contributed by atoms with van der Waals surface area (Å²) in [6.07, 6.45) is 2.05. The van der Waals surface area contributed by atoms with E-state index in [-0.39, 0.29) is 23.9 Å². The monoisotopic (exact) mass is 391 g/mol. The van der Waals surface area contributed by atoms with Crippen LogP contribution < -0.4 is 9.47 Å². The van der Waals surface area contributed by atoms with E-state index in [1.807, 2.05) is 0 Å². The summed E-state index contributed by atoms with van der Waals surface area (Å²) >= 11 is 0. The Hall–Kier alpha value is -2.61. The summed E-state index contributed by atoms with van der Waals surface area (Å²) in [6, 6.07) is 4.58. The van der Waals surface area contributed by atoms with Gasteiger partial charge in [0.05, 0.1) is 25.9 Å². The summed E-state index contributed by atoms with van der Waals surface area (Å²) < 4.78 is 21.4. The van der Waals surface area contributed by atoms with Crippen LogP contribution in [0.15, 0.2) is 18.2 Å². The van der Waals surface area contributed by atoms with Crippen molar-refractivity contribution >= 4 is 17.7 Å². The van der Waals surface area contributed by atoms with Crippen LogP contribution in [0.3, 0.4) is 0 Å². The highest BCUT2D eigenvalue weighted by Crippen LogP contribution is 2.29. The van der Waals surface area contributed by atoms with Crippen LogP contribution in [0, 0.1) is 0 Å². The van der Waals surface area contributed by atoms with E-state index in [0.717, 1.165) is 12.8 Å². The van der Waals surface area contributed by atoms with Crippen LogP contribution in [0.5, 0.6) is 11.5 Å². The van der Waals surface area contributed by atoms with E-state index in [1.165, 1.54) is 19.2 Å². The minimum absolute atomic E-state index is 0.0341. The lowest BCUT2D eigenvalue weighted by Crippen LogP contribution is -2.43. The number of Topliss-reactive ketones (excluding diaryl/α,β-unsaturated/α-hetero) is 1. The van der Waals surface area contributed by atoms with Gasteiger partial charge in [-0.1, -0.05) is 0 Å². The van der Waals surface area contributed by atoms with Crippen molar-refractivity contribution in [3.8, 4) is 11.5 Å². The van der Waals surface area contributed by atoms with Crippen molar-refractivity contribution < 1.29 is 33.3 Å². The lowest BCUT2D eigenvalue weighted by Gasteiger charge is -2.26. The molecule has 1 aliphatic heterocycles. The molecule has 0 radical (unpaired) electrons. The average Bonchev–Trinajstić information content (AvgIpc) is 2.74. The van der Waals surface area contributed by atoms with Gasteiger partial charge in [0.2, 0.25) is 0 Å². The van der Waals surface area contributed by atoms with Crippen molar-refractivity contribution in [2.45, 2.75) is 31.8 Å². The second kappa shape index (κ2) is 9.54. The van der Waals surface area contributed by atoms with E-state index in [1.54, 1.807) is 11.0 Å². The molecule has 8 heteroatoms. The smallest absolute Gasteiger partial charge is 0.338 e. The summed E-state index contributed by atoms with van der Waals surface area (Å²) in [6.45, 7) is 2.01. The number of carbonyl (C=O) groups excluding carboxylic acids is 3. The van der Waals surface area contributed by atoms with E-state index in [9.17, 15) is 14.4 Å². The van der Waals surface area contributed by atoms with Crippen LogP contribution in [0.25, 0.3) is 0 Å². The maximum absolute atomic E-state index is 12.4. The van der Waals surface area contributed by atoms with Crippen LogP contribution in [-0.2, 0) is 19.1 Å². The topological polar surface area (TPSA) is 91.4 Å². The summed E-state index contributed by atoms with van der Waals surface area (Å²) in [7, 11) is 1.45. The van der Waals surface area contributed by atoms with Crippen molar-refractivity contribution in [3.05, 3.63) is 23.8 Å². The van der Waals surface area contributed by atoms with E-state index in [2.05, 4.69) is 0 Å². The minimum atomic E-state index is -0.672. The van der Waals surface area contributed by atoms with Gasteiger partial charge in [0.25, 0.3) is 5.91 Å². The van der Waals surface area contributed by atoms with Gasteiger partial charge in [-0.15, -0.1) is 0 Å². The number of ether oxygens (including phenoxy) is 4. The van der Waals surface area contributed by atoms with Gasteiger partial charge < -0.3 is 23.8 Å². The Balaban J connectivity index is 1.60. The Bertz CT molecular complexity index is 727. The first-order valence-corrected chi connectivity index (χ1v) is 9.48. The Morgan fingerprint density at radius 3 is 2.68 bits per heavy atom. The zero-order chi connectivity index (χ0) is 19.9. The van der Waals surface area contributed by atoms with Gasteiger partial charge in [-0.05, 0) is 37.5 Å². The Morgan fingerprint density at radius 2 is 1.96 bits per heavy atom. The molecule has 1 saturated heterocycles. The van der Waals surface area contributed by atoms with Crippen molar-refractivity contribution in [3.63, 3.8) is 0 Å². The number of rotatable bonds is 6. The molecule has 1 aliphatic carbocycles. The van der Waals surface area contributed by atoms with E-state index in [4.69, 9.17) is 18.9 Å². The van der Waals surface area contributed by atoms with Crippen molar-refractivity contribution in [2.75, 3.05) is 40.0 Å². The molecule has 0 spiro atoms. The van der Waals surface area contributed by atoms with E-state index < -0.39 is 12.1 Å². The predicted octanol–water partition coefficient (Wildman–Crippen LogP) is 1.60. The van der Waals surface area contributed by atoms with Crippen molar-refractivity contribution in [2.24, 2.45) is 0 Å². The Kier molecular flexibility index (Phi) is 6.86. The highest BCUT2D eigenvalue weighted by atomic mass is 16.5. The quantitative estimate of drug-likeness (QED) is 0.680. The van der Waals surface area contributed by atoms with Crippen molar-refractivity contribution in [1.82, 2.24) is 4.90 Å². The molecule has 28 heavy (non-hydrogen) atoms. The van der Waals surface area contributed by atoms with Crippen LogP contribution in [-0.4, -0.2) is 68.7 Å². The molecular formula is C20H25NO7. The van der Waals surface area contributed by atoms with Gasteiger partial charge in [0.15, 0.2) is 30.0 Å². The maximum Gasteiger partial charge on any atom is 0.338 e. The number of carbonyl (C=O) groups is 3. The van der Waals surface area contributed by atoms with Gasteiger partial charge in [0, 0.05) is 19.5 Å². The van der Waals surface area contributed by atoms with Gasteiger partial charge in [0.1, 0.15) is 0 Å². The highest BCUT2D eigenvalue weighted by molar-refractivity contribution is 5.93. The number of morpholine rings is 1. The fourth-order valence-electron chi connectivity index (χ4n) is 3.23. The number of methoxy groups -OCH3 is 1. The number of ketones is 1. The number of amides is 1. The normalized spacial score (nSPS) is 19.8. The molecule has 0 N–H and O–H groups in total. The summed E-state index contributed by atoms with van der Waals surface area (Å²) in [4.78, 5) is 38.1. The minimum Gasteiger partial charge on any atom is -0.493 e. The summed E-state index contributed by atoms with van der Waals surface area (Å²) in [5, 5.41) is 0. The third kappa shape index (κ3) is 5.01. The highest BCUT2D eigenvalue weighted by Gasteiger charge is 2.26. The summed E-state index contributed by atoms with van der Waals surface area (Å²) in [5.41, 5.74) is 0.266. The second-order valence-electron chi connectivity index (χ2n) is 6.75. The molecule has 1 heterocycles. The number of nitrogens with zero attached hydrogens (tertiary/aromatic N) is 1. The summed E-state index contributed by atoms with van der Waals surface area (Å²) in [5.74, 6) is -0.0686. The number of hydrogen-bond donors (Lipinski definition) is 0. The molecule has 0 aromatic heterocycles. The molecular weight excluding hydrogens is 366 g/mol. The first-order valence-electron chi connectivity index (χ1n) is 9.48. The molecule has 1 atom stereocenters. The van der Waals surface area contributed by atoms with Crippen LogP contribution in [0.2, 0.25) is 0 Å². The number of esters is 1. The van der Waals surface area contributed by atoms with Gasteiger partial charge >= 0.3 is 5.97 Å². The Labute approximate surface area is 163 Å². The standard InChI is InChI=1S/C20H25NO7/c1-25-18-12-14(20(24)28-16-5-3-2-4-15(16)22)6-7-17(18)27-13-19(23)21-8-10-26-11-9-21/h6-7,12,16H,2-5,8-11,13H2,1H3/t16-/m0/s1. The Morgan fingerprint density at radius 1 is 1.18 bits per heavy atom.